The lowest BCUT2D eigenvalue weighted by Crippen LogP contribution is -2.34. The molecule has 0 saturated carbocycles. The molecule has 1 unspecified atom stereocenters. The maximum Gasteiger partial charge on any atom is 0.228 e. The van der Waals surface area contributed by atoms with Gasteiger partial charge in [0.15, 0.2) is 0 Å². The summed E-state index contributed by atoms with van der Waals surface area (Å²) in [5, 5.41) is 4.74. The summed E-state index contributed by atoms with van der Waals surface area (Å²) in [6, 6.07) is 13.4. The number of methoxy groups -OCH3 is 2. The van der Waals surface area contributed by atoms with E-state index in [0.29, 0.717) is 30.3 Å². The molecule has 0 spiro atoms. The Morgan fingerprint density at radius 1 is 1.09 bits per heavy atom. The topological polar surface area (TPSA) is 76.9 Å². The molecule has 1 fully saturated rings. The third kappa shape index (κ3) is 4.60. The summed E-state index contributed by atoms with van der Waals surface area (Å²) in [6.45, 7) is 6.77. The number of ether oxygens (including phenoxy) is 2. The number of aryl methyl sites for hydroxylation is 2. The molecule has 0 aliphatic carbocycles. The molecule has 3 aromatic rings. The van der Waals surface area contributed by atoms with Crippen molar-refractivity contribution in [1.29, 1.82) is 0 Å². The molecule has 8 nitrogen and oxygen atoms in total. The van der Waals surface area contributed by atoms with Crippen LogP contribution in [0.15, 0.2) is 42.5 Å². The van der Waals surface area contributed by atoms with E-state index in [9.17, 15) is 9.59 Å². The Bertz CT molecular complexity index is 1270. The van der Waals surface area contributed by atoms with E-state index in [0.717, 1.165) is 28.2 Å². The highest BCUT2D eigenvalue weighted by molar-refractivity contribution is 6.01. The Kier molecular flexibility index (Phi) is 6.82. The van der Waals surface area contributed by atoms with Gasteiger partial charge in [-0.3, -0.25) is 9.59 Å². The highest BCUT2D eigenvalue weighted by Gasteiger charge is 2.38. The molecule has 2 aromatic carbocycles. The van der Waals surface area contributed by atoms with E-state index in [1.54, 1.807) is 49.3 Å². The van der Waals surface area contributed by atoms with Gasteiger partial charge in [-0.25, -0.2) is 4.68 Å². The lowest BCUT2D eigenvalue weighted by atomic mass is 10.1. The van der Waals surface area contributed by atoms with Gasteiger partial charge in [0.1, 0.15) is 11.5 Å². The van der Waals surface area contributed by atoms with Crippen molar-refractivity contribution < 1.29 is 19.1 Å². The molecule has 1 atom stereocenters. The average molecular weight is 477 g/mol. The minimum absolute atomic E-state index is 0.0647. The molecule has 0 bridgehead atoms. The number of nitrogens with zero attached hydrogens (tertiary/aromatic N) is 4. The molecule has 2 amide bonds. The molecular formula is C27H32N4O4. The second-order valence-electron chi connectivity index (χ2n) is 8.99. The number of carbonyl (C=O) groups is 2. The van der Waals surface area contributed by atoms with Crippen LogP contribution in [0.25, 0.3) is 5.69 Å². The van der Waals surface area contributed by atoms with Gasteiger partial charge in [0, 0.05) is 43.9 Å². The zero-order chi connectivity index (χ0) is 25.3. The first kappa shape index (κ1) is 24.3. The molecule has 35 heavy (non-hydrogen) atoms. The Hall–Kier alpha value is -3.81. The van der Waals surface area contributed by atoms with Crippen molar-refractivity contribution in [1.82, 2.24) is 14.7 Å². The molecule has 184 valence electrons. The number of rotatable bonds is 7. The monoisotopic (exact) mass is 476 g/mol. The Balaban J connectivity index is 1.52. The number of carbonyl (C=O) groups excluding carboxylic acids is 2. The first-order valence-corrected chi connectivity index (χ1v) is 11.6. The first-order valence-electron chi connectivity index (χ1n) is 11.6. The van der Waals surface area contributed by atoms with Gasteiger partial charge < -0.3 is 19.3 Å². The fourth-order valence-electron chi connectivity index (χ4n) is 4.68. The lowest BCUT2D eigenvalue weighted by molar-refractivity contribution is -0.135. The maximum absolute atomic E-state index is 13.4. The van der Waals surface area contributed by atoms with Crippen LogP contribution in [-0.2, 0) is 16.1 Å². The summed E-state index contributed by atoms with van der Waals surface area (Å²) < 4.78 is 12.7. The van der Waals surface area contributed by atoms with Crippen molar-refractivity contribution >= 4 is 17.5 Å². The summed E-state index contributed by atoms with van der Waals surface area (Å²) in [5.74, 6) is 0.580. The van der Waals surface area contributed by atoms with Gasteiger partial charge in [-0.15, -0.1) is 0 Å². The highest BCUT2D eigenvalue weighted by Crippen LogP contribution is 2.36. The quantitative estimate of drug-likeness (QED) is 0.518. The summed E-state index contributed by atoms with van der Waals surface area (Å²) in [6.07, 6.45) is 0.157. The van der Waals surface area contributed by atoms with Crippen LogP contribution in [0.5, 0.6) is 11.5 Å². The van der Waals surface area contributed by atoms with Crippen LogP contribution in [0, 0.1) is 26.7 Å². The predicted octanol–water partition coefficient (Wildman–Crippen LogP) is 3.83. The highest BCUT2D eigenvalue weighted by atomic mass is 16.5. The summed E-state index contributed by atoms with van der Waals surface area (Å²) in [7, 11) is 4.92. The van der Waals surface area contributed by atoms with Crippen molar-refractivity contribution in [3.8, 4) is 17.2 Å². The Labute approximate surface area is 206 Å². The smallest absolute Gasteiger partial charge is 0.228 e. The minimum atomic E-state index is -0.435. The van der Waals surface area contributed by atoms with E-state index in [1.165, 1.54) is 0 Å². The van der Waals surface area contributed by atoms with E-state index >= 15 is 0 Å². The van der Waals surface area contributed by atoms with Crippen molar-refractivity contribution in [2.24, 2.45) is 5.92 Å². The number of hydrogen-bond donors (Lipinski definition) is 0. The van der Waals surface area contributed by atoms with Gasteiger partial charge in [0.05, 0.1) is 37.2 Å². The summed E-state index contributed by atoms with van der Waals surface area (Å²) >= 11 is 0. The second kappa shape index (κ2) is 9.82. The lowest BCUT2D eigenvalue weighted by Gasteiger charge is -2.23. The average Bonchev–Trinajstić information content (AvgIpc) is 3.38. The van der Waals surface area contributed by atoms with Gasteiger partial charge >= 0.3 is 0 Å². The van der Waals surface area contributed by atoms with Crippen molar-refractivity contribution in [3.63, 3.8) is 0 Å². The molecule has 8 heteroatoms. The van der Waals surface area contributed by atoms with Crippen LogP contribution in [0.1, 0.15) is 28.9 Å². The van der Waals surface area contributed by atoms with E-state index in [-0.39, 0.29) is 18.2 Å². The minimum Gasteiger partial charge on any atom is -0.497 e. The van der Waals surface area contributed by atoms with Gasteiger partial charge in [-0.05, 0) is 44.5 Å². The van der Waals surface area contributed by atoms with Crippen LogP contribution in [0.2, 0.25) is 0 Å². The first-order chi connectivity index (χ1) is 16.7. The van der Waals surface area contributed by atoms with Crippen molar-refractivity contribution in [2.45, 2.75) is 33.7 Å². The molecular weight excluding hydrogens is 444 g/mol. The van der Waals surface area contributed by atoms with Crippen LogP contribution >= 0.6 is 0 Å². The number of hydrogen-bond acceptors (Lipinski definition) is 5. The standard InChI is InChI=1S/C27H32N4O4/c1-17-9-7-8-10-23(17)31-19(3)22(18(2)28-31)16-29(4)27(33)20-13-26(32)30(15-20)24-14-21(34-5)11-12-25(24)35-6/h7-12,14,20H,13,15-16H2,1-6H3. The van der Waals surface area contributed by atoms with E-state index < -0.39 is 5.92 Å². The zero-order valence-electron chi connectivity index (χ0n) is 21.2. The predicted molar refractivity (Wildman–Crippen MR) is 134 cm³/mol. The SMILES string of the molecule is COc1ccc(OC)c(N2CC(C(=O)N(C)Cc3c(C)nn(-c4ccccc4C)c3C)CC2=O)c1. The summed E-state index contributed by atoms with van der Waals surface area (Å²) in [4.78, 5) is 29.6. The Morgan fingerprint density at radius 2 is 1.83 bits per heavy atom. The molecule has 1 aliphatic heterocycles. The van der Waals surface area contributed by atoms with Crippen LogP contribution in [0.3, 0.4) is 0 Å². The van der Waals surface area contributed by atoms with E-state index in [2.05, 4.69) is 13.0 Å². The fourth-order valence-corrected chi connectivity index (χ4v) is 4.68. The Morgan fingerprint density at radius 3 is 2.51 bits per heavy atom. The normalized spacial score (nSPS) is 15.4. The molecule has 0 N–H and O–H groups in total. The van der Waals surface area contributed by atoms with Gasteiger partial charge in [0.25, 0.3) is 0 Å². The molecule has 0 radical (unpaired) electrons. The zero-order valence-corrected chi connectivity index (χ0v) is 21.2. The number of aromatic nitrogens is 2. The van der Waals surface area contributed by atoms with Crippen LogP contribution < -0.4 is 14.4 Å². The van der Waals surface area contributed by atoms with Crippen LogP contribution in [0.4, 0.5) is 5.69 Å². The van der Waals surface area contributed by atoms with Gasteiger partial charge in [0.2, 0.25) is 11.8 Å². The summed E-state index contributed by atoms with van der Waals surface area (Å²) in [5.41, 5.74) is 5.67. The van der Waals surface area contributed by atoms with Crippen molar-refractivity contribution in [2.75, 3.05) is 32.7 Å². The van der Waals surface area contributed by atoms with Crippen LogP contribution in [-0.4, -0.2) is 54.3 Å². The number of anilines is 1. The van der Waals surface area contributed by atoms with Crippen molar-refractivity contribution in [3.05, 3.63) is 65.0 Å². The third-order valence-corrected chi connectivity index (χ3v) is 6.71. The number of amides is 2. The molecule has 1 aliphatic rings. The van der Waals surface area contributed by atoms with E-state index in [1.807, 2.05) is 36.7 Å². The molecule has 2 heterocycles. The van der Waals surface area contributed by atoms with Gasteiger partial charge in [-0.2, -0.15) is 5.10 Å². The number of benzene rings is 2. The molecule has 4 rings (SSSR count). The van der Waals surface area contributed by atoms with E-state index in [4.69, 9.17) is 14.6 Å². The fraction of sp³-hybridized carbons (Fsp3) is 0.370. The number of para-hydroxylation sites is 1. The van der Waals surface area contributed by atoms with Gasteiger partial charge in [-0.1, -0.05) is 18.2 Å². The molecule has 1 aromatic heterocycles. The largest absolute Gasteiger partial charge is 0.497 e. The maximum atomic E-state index is 13.4. The second-order valence-corrected chi connectivity index (χ2v) is 8.99. The third-order valence-electron chi connectivity index (χ3n) is 6.71. The molecule has 1 saturated heterocycles.